The second-order valence-corrected chi connectivity index (χ2v) is 4.67. The molecule has 0 heterocycles. The average Bonchev–Trinajstić information content (AvgIpc) is 2.25. The van der Waals surface area contributed by atoms with Gasteiger partial charge < -0.3 is 10.5 Å². The first-order valence-electron chi connectivity index (χ1n) is 4.77. The number of thioether (sulfide) groups is 1. The van der Waals surface area contributed by atoms with Gasteiger partial charge in [-0.25, -0.2) is 0 Å². The van der Waals surface area contributed by atoms with Crippen LogP contribution in [0.3, 0.4) is 0 Å². The van der Waals surface area contributed by atoms with E-state index in [-0.39, 0.29) is 6.04 Å². The van der Waals surface area contributed by atoms with Crippen molar-refractivity contribution < 1.29 is 4.74 Å². The van der Waals surface area contributed by atoms with Crippen LogP contribution in [-0.2, 0) is 0 Å². The Bertz CT molecular complexity index is 319. The number of methoxy groups -OCH3 is 1. The molecule has 0 aliphatic carbocycles. The van der Waals surface area contributed by atoms with Crippen molar-refractivity contribution in [3.63, 3.8) is 0 Å². The van der Waals surface area contributed by atoms with Crippen molar-refractivity contribution in [3.05, 3.63) is 28.8 Å². The van der Waals surface area contributed by atoms with Crippen molar-refractivity contribution in [2.75, 3.05) is 19.1 Å². The molecule has 0 saturated heterocycles. The first kappa shape index (κ1) is 12.7. The molecular formula is C11H16ClNOS. The fraction of sp³-hybridized carbons (Fsp3) is 0.455. The van der Waals surface area contributed by atoms with E-state index in [2.05, 4.69) is 6.26 Å². The molecule has 1 rings (SSSR count). The molecule has 1 aromatic rings. The van der Waals surface area contributed by atoms with Gasteiger partial charge in [-0.1, -0.05) is 17.7 Å². The number of rotatable bonds is 5. The number of benzene rings is 1. The van der Waals surface area contributed by atoms with Crippen LogP contribution in [0, 0.1) is 0 Å². The maximum absolute atomic E-state index is 6.12. The quantitative estimate of drug-likeness (QED) is 0.866. The Balaban J connectivity index is 2.76. The topological polar surface area (TPSA) is 35.2 Å². The highest BCUT2D eigenvalue weighted by Gasteiger charge is 2.10. The van der Waals surface area contributed by atoms with Crippen LogP contribution in [0.15, 0.2) is 18.2 Å². The van der Waals surface area contributed by atoms with Gasteiger partial charge in [0.25, 0.3) is 0 Å². The summed E-state index contributed by atoms with van der Waals surface area (Å²) in [6.45, 7) is 0. The summed E-state index contributed by atoms with van der Waals surface area (Å²) < 4.78 is 5.08. The normalized spacial score (nSPS) is 12.5. The molecule has 15 heavy (non-hydrogen) atoms. The van der Waals surface area contributed by atoms with Crippen molar-refractivity contribution in [2.24, 2.45) is 5.73 Å². The summed E-state index contributed by atoms with van der Waals surface area (Å²) in [5.74, 6) is 1.81. The molecule has 0 aliphatic heterocycles. The Hall–Kier alpha value is -0.380. The summed E-state index contributed by atoms with van der Waals surface area (Å²) in [4.78, 5) is 0. The molecule has 0 fully saturated rings. The van der Waals surface area contributed by atoms with Crippen LogP contribution in [0.25, 0.3) is 0 Å². The molecular weight excluding hydrogens is 230 g/mol. The minimum absolute atomic E-state index is 0.0101. The lowest BCUT2D eigenvalue weighted by Gasteiger charge is -2.13. The van der Waals surface area contributed by atoms with E-state index in [1.54, 1.807) is 24.9 Å². The van der Waals surface area contributed by atoms with E-state index >= 15 is 0 Å². The molecule has 0 amide bonds. The molecule has 0 aliphatic rings. The Labute approximate surface area is 100 Å². The molecule has 2 N–H and O–H groups in total. The standard InChI is InChI=1S/C11H16ClNOS/c1-14-8-3-4-9(10(12)7-8)11(13)5-6-15-2/h3-4,7,11H,5-6,13H2,1-2H3. The molecule has 1 aromatic carbocycles. The van der Waals surface area contributed by atoms with Crippen molar-refractivity contribution in [3.8, 4) is 5.75 Å². The fourth-order valence-corrected chi connectivity index (χ4v) is 2.14. The van der Waals surface area contributed by atoms with Gasteiger partial charge in [-0.15, -0.1) is 0 Å². The molecule has 4 heteroatoms. The minimum Gasteiger partial charge on any atom is -0.497 e. The van der Waals surface area contributed by atoms with E-state index in [0.717, 1.165) is 23.5 Å². The van der Waals surface area contributed by atoms with Gasteiger partial charge in [0, 0.05) is 11.1 Å². The van der Waals surface area contributed by atoms with Gasteiger partial charge in [0.15, 0.2) is 0 Å². The van der Waals surface area contributed by atoms with Gasteiger partial charge in [0.2, 0.25) is 0 Å². The van der Waals surface area contributed by atoms with Crippen LogP contribution >= 0.6 is 23.4 Å². The number of hydrogen-bond donors (Lipinski definition) is 1. The number of ether oxygens (including phenoxy) is 1. The van der Waals surface area contributed by atoms with Gasteiger partial charge in [-0.2, -0.15) is 11.8 Å². The molecule has 0 aromatic heterocycles. The van der Waals surface area contributed by atoms with E-state index < -0.39 is 0 Å². The lowest BCUT2D eigenvalue weighted by molar-refractivity contribution is 0.414. The summed E-state index contributed by atoms with van der Waals surface area (Å²) >= 11 is 7.91. The first-order chi connectivity index (χ1) is 7.19. The maximum atomic E-state index is 6.12. The summed E-state index contributed by atoms with van der Waals surface area (Å²) in [7, 11) is 1.62. The largest absolute Gasteiger partial charge is 0.497 e. The van der Waals surface area contributed by atoms with Gasteiger partial charge in [-0.05, 0) is 36.1 Å². The zero-order valence-corrected chi connectivity index (χ0v) is 10.6. The smallest absolute Gasteiger partial charge is 0.120 e. The van der Waals surface area contributed by atoms with Crippen LogP contribution < -0.4 is 10.5 Å². The molecule has 0 saturated carbocycles. The average molecular weight is 246 g/mol. The molecule has 0 bridgehead atoms. The zero-order chi connectivity index (χ0) is 11.3. The van der Waals surface area contributed by atoms with E-state index in [9.17, 15) is 0 Å². The first-order valence-corrected chi connectivity index (χ1v) is 6.54. The predicted molar refractivity (Wildman–Crippen MR) is 67.9 cm³/mol. The van der Waals surface area contributed by atoms with E-state index in [4.69, 9.17) is 22.1 Å². The van der Waals surface area contributed by atoms with Crippen LogP contribution in [-0.4, -0.2) is 19.1 Å². The Morgan fingerprint density at radius 2 is 2.27 bits per heavy atom. The number of nitrogens with two attached hydrogens (primary N) is 1. The summed E-state index contributed by atoms with van der Waals surface area (Å²) in [5.41, 5.74) is 7.03. The Kier molecular flexibility index (Phi) is 5.29. The highest BCUT2D eigenvalue weighted by molar-refractivity contribution is 7.98. The maximum Gasteiger partial charge on any atom is 0.120 e. The summed E-state index contributed by atoms with van der Waals surface area (Å²) in [6.07, 6.45) is 3.01. The van der Waals surface area contributed by atoms with Crippen LogP contribution in [0.2, 0.25) is 5.02 Å². The molecule has 0 spiro atoms. The number of hydrogen-bond acceptors (Lipinski definition) is 3. The second kappa shape index (κ2) is 6.26. The van der Waals surface area contributed by atoms with E-state index in [0.29, 0.717) is 5.02 Å². The third kappa shape index (κ3) is 3.59. The Morgan fingerprint density at radius 1 is 1.53 bits per heavy atom. The second-order valence-electron chi connectivity index (χ2n) is 3.28. The summed E-state index contributed by atoms with van der Waals surface area (Å²) in [5, 5.41) is 0.683. The predicted octanol–water partition coefficient (Wildman–Crippen LogP) is 3.10. The van der Waals surface area contributed by atoms with Crippen molar-refractivity contribution in [1.82, 2.24) is 0 Å². The molecule has 84 valence electrons. The molecule has 0 radical (unpaired) electrons. The minimum atomic E-state index is 0.0101. The molecule has 1 atom stereocenters. The van der Waals surface area contributed by atoms with Crippen LogP contribution in [0.4, 0.5) is 0 Å². The van der Waals surface area contributed by atoms with Gasteiger partial charge in [-0.3, -0.25) is 0 Å². The third-order valence-corrected chi connectivity index (χ3v) is 3.21. The van der Waals surface area contributed by atoms with E-state index in [1.165, 1.54) is 0 Å². The van der Waals surface area contributed by atoms with Crippen molar-refractivity contribution in [2.45, 2.75) is 12.5 Å². The van der Waals surface area contributed by atoms with Crippen LogP contribution in [0.5, 0.6) is 5.75 Å². The lowest BCUT2D eigenvalue weighted by atomic mass is 10.1. The van der Waals surface area contributed by atoms with E-state index in [1.807, 2.05) is 12.1 Å². The fourth-order valence-electron chi connectivity index (χ4n) is 1.34. The lowest BCUT2D eigenvalue weighted by Crippen LogP contribution is -2.11. The Morgan fingerprint density at radius 3 is 2.80 bits per heavy atom. The van der Waals surface area contributed by atoms with Crippen molar-refractivity contribution >= 4 is 23.4 Å². The van der Waals surface area contributed by atoms with Gasteiger partial charge >= 0.3 is 0 Å². The summed E-state index contributed by atoms with van der Waals surface area (Å²) in [6, 6.07) is 5.64. The highest BCUT2D eigenvalue weighted by atomic mass is 35.5. The van der Waals surface area contributed by atoms with Gasteiger partial charge in [0.1, 0.15) is 5.75 Å². The third-order valence-electron chi connectivity index (χ3n) is 2.24. The van der Waals surface area contributed by atoms with Gasteiger partial charge in [0.05, 0.1) is 7.11 Å². The monoisotopic (exact) mass is 245 g/mol. The van der Waals surface area contributed by atoms with Crippen LogP contribution in [0.1, 0.15) is 18.0 Å². The highest BCUT2D eigenvalue weighted by Crippen LogP contribution is 2.28. The molecule has 1 unspecified atom stereocenters. The number of halogens is 1. The van der Waals surface area contributed by atoms with Crippen molar-refractivity contribution in [1.29, 1.82) is 0 Å². The zero-order valence-electron chi connectivity index (χ0n) is 9.00. The SMILES string of the molecule is COc1ccc(C(N)CCSC)c(Cl)c1. The molecule has 2 nitrogen and oxygen atoms in total.